The molecule has 1 aliphatic heterocycles. The Kier molecular flexibility index (Phi) is 7.78. The van der Waals surface area contributed by atoms with Crippen molar-refractivity contribution in [1.29, 1.82) is 0 Å². The molecule has 0 saturated carbocycles. The quantitative estimate of drug-likeness (QED) is 0.708. The number of benzene rings is 1. The number of nitrogens with zero attached hydrogens (tertiary/aromatic N) is 2. The van der Waals surface area contributed by atoms with Crippen LogP contribution in [0.2, 0.25) is 5.02 Å². The van der Waals surface area contributed by atoms with Gasteiger partial charge in [0.2, 0.25) is 5.91 Å². The molecule has 150 valence electrons. The Hall–Kier alpha value is -1.95. The number of hydrogen-bond donors (Lipinski definition) is 0. The summed E-state index contributed by atoms with van der Waals surface area (Å²) in [6, 6.07) is 3.29. The van der Waals surface area contributed by atoms with Crippen LogP contribution < -0.4 is 9.47 Å². The van der Waals surface area contributed by atoms with Gasteiger partial charge < -0.3 is 19.3 Å². The second kappa shape index (κ2) is 9.83. The van der Waals surface area contributed by atoms with Gasteiger partial charge in [0.15, 0.2) is 11.5 Å². The largest absolute Gasteiger partial charge is 0.493 e. The molecular weight excluding hydrogens is 368 g/mol. The molecule has 0 atom stereocenters. The van der Waals surface area contributed by atoms with Gasteiger partial charge in [0.1, 0.15) is 0 Å². The Morgan fingerprint density at radius 1 is 1.15 bits per heavy atom. The molecule has 0 bridgehead atoms. The summed E-state index contributed by atoms with van der Waals surface area (Å²) in [6.07, 6.45) is 1.39. The van der Waals surface area contributed by atoms with Crippen molar-refractivity contribution in [2.75, 3.05) is 39.9 Å². The van der Waals surface area contributed by atoms with E-state index in [2.05, 4.69) is 13.8 Å². The van der Waals surface area contributed by atoms with Crippen molar-refractivity contribution >= 4 is 23.4 Å². The monoisotopic (exact) mass is 396 g/mol. The smallest absolute Gasteiger partial charge is 0.254 e. The third kappa shape index (κ3) is 5.51. The number of ether oxygens (including phenoxy) is 2. The van der Waals surface area contributed by atoms with Crippen molar-refractivity contribution in [3.63, 3.8) is 0 Å². The van der Waals surface area contributed by atoms with Crippen LogP contribution in [0, 0.1) is 5.92 Å². The van der Waals surface area contributed by atoms with Crippen LogP contribution in [0.5, 0.6) is 11.5 Å². The number of hydrogen-bond acceptors (Lipinski definition) is 4. The van der Waals surface area contributed by atoms with Gasteiger partial charge in [0, 0.05) is 38.2 Å². The normalized spacial score (nSPS) is 14.4. The summed E-state index contributed by atoms with van der Waals surface area (Å²) in [7, 11) is 1.53. The SMILES string of the molecule is CCC(=O)N1CCN(C(=O)c2cc(Cl)c(OCCC(C)C)c(OC)c2)CC1. The lowest BCUT2D eigenvalue weighted by Crippen LogP contribution is -2.50. The zero-order valence-electron chi connectivity index (χ0n) is 16.6. The maximum Gasteiger partial charge on any atom is 0.254 e. The predicted molar refractivity (Wildman–Crippen MR) is 106 cm³/mol. The summed E-state index contributed by atoms with van der Waals surface area (Å²) in [5.41, 5.74) is 0.461. The minimum atomic E-state index is -0.118. The summed E-state index contributed by atoms with van der Waals surface area (Å²) in [4.78, 5) is 28.2. The van der Waals surface area contributed by atoms with Crippen molar-refractivity contribution in [1.82, 2.24) is 9.80 Å². The van der Waals surface area contributed by atoms with E-state index in [1.54, 1.807) is 21.9 Å². The molecule has 1 aromatic rings. The third-order valence-corrected chi connectivity index (χ3v) is 4.92. The van der Waals surface area contributed by atoms with Gasteiger partial charge in [-0.05, 0) is 24.5 Å². The highest BCUT2D eigenvalue weighted by Crippen LogP contribution is 2.37. The van der Waals surface area contributed by atoms with Crippen molar-refractivity contribution in [2.24, 2.45) is 5.92 Å². The lowest BCUT2D eigenvalue weighted by molar-refractivity contribution is -0.132. The molecule has 0 N–H and O–H groups in total. The fourth-order valence-electron chi connectivity index (χ4n) is 2.95. The number of carbonyl (C=O) groups is 2. The standard InChI is InChI=1S/C20H29ClN2O4/c1-5-18(24)22-7-9-23(10-8-22)20(25)15-12-16(21)19(17(13-15)26-4)27-11-6-14(2)3/h12-14H,5-11H2,1-4H3. The molecular formula is C20H29ClN2O4. The highest BCUT2D eigenvalue weighted by Gasteiger charge is 2.25. The first kappa shape index (κ1) is 21.4. The highest BCUT2D eigenvalue weighted by molar-refractivity contribution is 6.32. The third-order valence-electron chi connectivity index (χ3n) is 4.64. The topological polar surface area (TPSA) is 59.1 Å². The van der Waals surface area contributed by atoms with Crippen molar-refractivity contribution in [3.8, 4) is 11.5 Å². The molecule has 0 spiro atoms. The first-order valence-corrected chi connectivity index (χ1v) is 9.82. The van der Waals surface area contributed by atoms with E-state index in [0.717, 1.165) is 6.42 Å². The average Bonchev–Trinajstić information content (AvgIpc) is 2.67. The number of carbonyl (C=O) groups excluding carboxylic acids is 2. The molecule has 0 aromatic heterocycles. The molecule has 0 aliphatic carbocycles. The number of halogens is 1. The Bertz CT molecular complexity index is 670. The van der Waals surface area contributed by atoms with Gasteiger partial charge in [0.25, 0.3) is 5.91 Å². The fraction of sp³-hybridized carbons (Fsp3) is 0.600. The van der Waals surface area contributed by atoms with Crippen LogP contribution >= 0.6 is 11.6 Å². The lowest BCUT2D eigenvalue weighted by atomic mass is 10.1. The van der Waals surface area contributed by atoms with Crippen molar-refractivity contribution in [3.05, 3.63) is 22.7 Å². The predicted octanol–water partition coefficient (Wildman–Crippen LogP) is 3.47. The molecule has 1 heterocycles. The van der Waals surface area contributed by atoms with E-state index in [0.29, 0.717) is 67.2 Å². The van der Waals surface area contributed by atoms with Gasteiger partial charge in [-0.15, -0.1) is 0 Å². The zero-order valence-corrected chi connectivity index (χ0v) is 17.3. The van der Waals surface area contributed by atoms with E-state index in [-0.39, 0.29) is 11.8 Å². The highest BCUT2D eigenvalue weighted by atomic mass is 35.5. The molecule has 7 heteroatoms. The van der Waals surface area contributed by atoms with E-state index in [4.69, 9.17) is 21.1 Å². The molecule has 1 saturated heterocycles. The molecule has 6 nitrogen and oxygen atoms in total. The number of methoxy groups -OCH3 is 1. The van der Waals surface area contributed by atoms with Crippen molar-refractivity contribution in [2.45, 2.75) is 33.6 Å². The average molecular weight is 397 g/mol. The summed E-state index contributed by atoms with van der Waals surface area (Å²) < 4.78 is 11.2. The van der Waals surface area contributed by atoms with E-state index >= 15 is 0 Å². The Morgan fingerprint density at radius 2 is 1.78 bits per heavy atom. The van der Waals surface area contributed by atoms with Crippen LogP contribution in [-0.2, 0) is 4.79 Å². The zero-order chi connectivity index (χ0) is 20.0. The molecule has 1 aromatic carbocycles. The second-order valence-corrected chi connectivity index (χ2v) is 7.45. The molecule has 0 unspecified atom stereocenters. The summed E-state index contributed by atoms with van der Waals surface area (Å²) in [5.74, 6) is 1.44. The maximum atomic E-state index is 12.8. The number of rotatable bonds is 7. The van der Waals surface area contributed by atoms with E-state index < -0.39 is 0 Å². The Morgan fingerprint density at radius 3 is 2.33 bits per heavy atom. The van der Waals surface area contributed by atoms with Gasteiger partial charge in [-0.1, -0.05) is 32.4 Å². The van der Waals surface area contributed by atoms with E-state index in [9.17, 15) is 9.59 Å². The summed E-state index contributed by atoms with van der Waals surface area (Å²) in [6.45, 7) is 8.76. The van der Waals surface area contributed by atoms with Crippen molar-refractivity contribution < 1.29 is 19.1 Å². The first-order valence-electron chi connectivity index (χ1n) is 9.44. The van der Waals surface area contributed by atoms with Gasteiger partial charge >= 0.3 is 0 Å². The van der Waals surface area contributed by atoms with Crippen LogP contribution in [0.4, 0.5) is 0 Å². The fourth-order valence-corrected chi connectivity index (χ4v) is 3.21. The van der Waals surface area contributed by atoms with Crippen LogP contribution in [0.15, 0.2) is 12.1 Å². The second-order valence-electron chi connectivity index (χ2n) is 7.05. The Balaban J connectivity index is 2.08. The molecule has 2 rings (SSSR count). The number of amides is 2. The van der Waals surface area contributed by atoms with Crippen LogP contribution in [0.3, 0.4) is 0 Å². The molecule has 0 radical (unpaired) electrons. The minimum absolute atomic E-state index is 0.118. The number of piperazine rings is 1. The van der Waals surface area contributed by atoms with Gasteiger partial charge in [0.05, 0.1) is 18.7 Å². The van der Waals surface area contributed by atoms with Gasteiger partial charge in [-0.25, -0.2) is 0 Å². The van der Waals surface area contributed by atoms with Crippen LogP contribution in [0.1, 0.15) is 44.0 Å². The molecule has 1 aliphatic rings. The molecule has 1 fully saturated rings. The summed E-state index contributed by atoms with van der Waals surface area (Å²) >= 11 is 6.37. The molecule has 2 amide bonds. The van der Waals surface area contributed by atoms with E-state index in [1.165, 1.54) is 7.11 Å². The molecule has 27 heavy (non-hydrogen) atoms. The van der Waals surface area contributed by atoms with Crippen LogP contribution in [0.25, 0.3) is 0 Å². The Labute approximate surface area is 166 Å². The van der Waals surface area contributed by atoms with E-state index in [1.807, 2.05) is 6.92 Å². The van der Waals surface area contributed by atoms with Gasteiger partial charge in [-0.3, -0.25) is 9.59 Å². The van der Waals surface area contributed by atoms with Gasteiger partial charge in [-0.2, -0.15) is 0 Å². The summed E-state index contributed by atoms with van der Waals surface area (Å²) in [5, 5.41) is 0.362. The minimum Gasteiger partial charge on any atom is -0.493 e. The lowest BCUT2D eigenvalue weighted by Gasteiger charge is -2.34. The first-order chi connectivity index (χ1) is 12.9. The maximum absolute atomic E-state index is 12.8. The van der Waals surface area contributed by atoms with Crippen LogP contribution in [-0.4, -0.2) is 61.5 Å².